The molecule has 148 valence electrons. The van der Waals surface area contributed by atoms with Gasteiger partial charge >= 0.3 is 0 Å². The molecule has 28 heavy (non-hydrogen) atoms. The Bertz CT molecular complexity index is 879. The van der Waals surface area contributed by atoms with Gasteiger partial charge in [0.15, 0.2) is 11.5 Å². The highest BCUT2D eigenvalue weighted by Crippen LogP contribution is 2.40. The monoisotopic (exact) mass is 382 g/mol. The maximum absolute atomic E-state index is 11.8. The van der Waals surface area contributed by atoms with Crippen molar-refractivity contribution in [2.24, 2.45) is 5.73 Å². The first-order chi connectivity index (χ1) is 13.5. The van der Waals surface area contributed by atoms with E-state index < -0.39 is 5.91 Å². The van der Waals surface area contributed by atoms with Gasteiger partial charge in [-0.05, 0) is 50.9 Å². The molecule has 8 nitrogen and oxygen atoms in total. The molecule has 1 aromatic heterocycles. The third-order valence-corrected chi connectivity index (χ3v) is 4.57. The van der Waals surface area contributed by atoms with Gasteiger partial charge in [0.2, 0.25) is 5.91 Å². The Labute approximate surface area is 164 Å². The molecule has 0 unspecified atom stereocenters. The van der Waals surface area contributed by atoms with Gasteiger partial charge in [0, 0.05) is 18.2 Å². The number of carbonyl (C=O) groups excluding carboxylic acids is 2. The number of benzene rings is 1. The van der Waals surface area contributed by atoms with Crippen LogP contribution in [0.25, 0.3) is 0 Å². The van der Waals surface area contributed by atoms with E-state index in [2.05, 4.69) is 25.9 Å². The summed E-state index contributed by atoms with van der Waals surface area (Å²) in [7, 11) is 1.73. The van der Waals surface area contributed by atoms with Crippen LogP contribution in [0.5, 0.6) is 0 Å². The van der Waals surface area contributed by atoms with Gasteiger partial charge in [-0.2, -0.15) is 0 Å². The number of aromatic nitrogens is 2. The van der Waals surface area contributed by atoms with E-state index >= 15 is 0 Å². The lowest BCUT2D eigenvalue weighted by Gasteiger charge is -2.13. The number of nitrogens with one attached hydrogen (secondary N) is 3. The van der Waals surface area contributed by atoms with Crippen LogP contribution in [-0.4, -0.2) is 41.9 Å². The summed E-state index contributed by atoms with van der Waals surface area (Å²) in [4.78, 5) is 32.4. The largest absolute Gasteiger partial charge is 0.364 e. The first-order valence-electron chi connectivity index (χ1n) is 9.43. The number of primary amides is 1. The van der Waals surface area contributed by atoms with Gasteiger partial charge in [0.25, 0.3) is 5.91 Å². The molecule has 0 saturated heterocycles. The number of rotatable bonds is 9. The van der Waals surface area contributed by atoms with Crippen LogP contribution in [-0.2, 0) is 11.2 Å². The van der Waals surface area contributed by atoms with Gasteiger partial charge in [-0.3, -0.25) is 9.59 Å². The fourth-order valence-electron chi connectivity index (χ4n) is 3.05. The minimum Gasteiger partial charge on any atom is -0.364 e. The van der Waals surface area contributed by atoms with Crippen molar-refractivity contribution in [2.75, 3.05) is 25.5 Å². The summed E-state index contributed by atoms with van der Waals surface area (Å²) < 4.78 is 0. The quantitative estimate of drug-likeness (QED) is 0.520. The smallest absolute Gasteiger partial charge is 0.271 e. The van der Waals surface area contributed by atoms with Crippen molar-refractivity contribution in [1.82, 2.24) is 20.6 Å². The van der Waals surface area contributed by atoms with Gasteiger partial charge in [0.1, 0.15) is 0 Å². The molecule has 0 atom stereocenters. The minimum atomic E-state index is -0.608. The minimum absolute atomic E-state index is 0.0367. The number of hydrogen-bond donors (Lipinski definition) is 4. The number of nitrogens with zero attached hydrogens (tertiary/aromatic N) is 2. The van der Waals surface area contributed by atoms with E-state index in [-0.39, 0.29) is 11.6 Å². The second kappa shape index (κ2) is 8.79. The number of amides is 2. The lowest BCUT2D eigenvalue weighted by Crippen LogP contribution is -2.33. The van der Waals surface area contributed by atoms with Crippen LogP contribution in [0.2, 0.25) is 0 Å². The van der Waals surface area contributed by atoms with Crippen molar-refractivity contribution in [3.63, 3.8) is 0 Å². The van der Waals surface area contributed by atoms with Gasteiger partial charge in [-0.1, -0.05) is 12.1 Å². The zero-order valence-electron chi connectivity index (χ0n) is 16.2. The number of aryl methyl sites for hydroxylation is 1. The lowest BCUT2D eigenvalue weighted by atomic mass is 10.1. The first-order valence-corrected chi connectivity index (χ1v) is 9.43. The highest BCUT2D eigenvalue weighted by Gasteiger charge is 2.29. The van der Waals surface area contributed by atoms with Gasteiger partial charge < -0.3 is 21.7 Å². The molecule has 0 spiro atoms. The molecule has 0 bridgehead atoms. The Balaban J connectivity index is 1.73. The van der Waals surface area contributed by atoms with Crippen molar-refractivity contribution in [3.8, 4) is 0 Å². The summed E-state index contributed by atoms with van der Waals surface area (Å²) in [6.45, 7) is 2.71. The number of anilines is 2. The molecular formula is C20H26N6O2. The fraction of sp³-hybridized carbons (Fsp3) is 0.400. The fourth-order valence-corrected chi connectivity index (χ4v) is 3.05. The summed E-state index contributed by atoms with van der Waals surface area (Å²) in [5.74, 6) is 0.163. The zero-order valence-corrected chi connectivity index (χ0v) is 16.2. The van der Waals surface area contributed by atoms with Crippen LogP contribution in [0.3, 0.4) is 0 Å². The van der Waals surface area contributed by atoms with Crippen LogP contribution in [0.4, 0.5) is 11.5 Å². The van der Waals surface area contributed by atoms with Crippen molar-refractivity contribution in [3.05, 3.63) is 46.9 Å². The maximum Gasteiger partial charge on any atom is 0.271 e. The molecule has 0 radical (unpaired) electrons. The number of hydrogen-bond acceptors (Lipinski definition) is 6. The Morgan fingerprint density at radius 2 is 2.04 bits per heavy atom. The summed E-state index contributed by atoms with van der Waals surface area (Å²) in [6, 6.07) is 7.76. The predicted molar refractivity (Wildman–Crippen MR) is 108 cm³/mol. The Morgan fingerprint density at radius 3 is 2.71 bits per heavy atom. The predicted octanol–water partition coefficient (Wildman–Crippen LogP) is 1.38. The topological polar surface area (TPSA) is 122 Å². The van der Waals surface area contributed by atoms with Crippen LogP contribution in [0, 0.1) is 6.92 Å². The Hall–Kier alpha value is -3.00. The van der Waals surface area contributed by atoms with Gasteiger partial charge in [-0.25, -0.2) is 9.97 Å². The van der Waals surface area contributed by atoms with Crippen LogP contribution < -0.4 is 21.7 Å². The molecule has 1 fully saturated rings. The average molecular weight is 382 g/mol. The van der Waals surface area contributed by atoms with E-state index in [1.807, 2.05) is 31.2 Å². The van der Waals surface area contributed by atoms with E-state index in [1.54, 1.807) is 7.05 Å². The highest BCUT2D eigenvalue weighted by atomic mass is 16.2. The molecule has 1 saturated carbocycles. The van der Waals surface area contributed by atoms with Gasteiger partial charge in [-0.15, -0.1) is 0 Å². The molecule has 8 heteroatoms. The normalized spacial score (nSPS) is 13.2. The third-order valence-electron chi connectivity index (χ3n) is 4.57. The second-order valence-electron chi connectivity index (χ2n) is 6.99. The van der Waals surface area contributed by atoms with Crippen LogP contribution in [0.15, 0.2) is 24.3 Å². The first kappa shape index (κ1) is 19.8. The second-order valence-corrected chi connectivity index (χ2v) is 6.99. The SMILES string of the molecule is CNCC(=O)NCCc1cccc(Nc2nc(C3CC3)c(C)nc2C(N)=O)c1. The van der Waals surface area contributed by atoms with E-state index in [9.17, 15) is 9.59 Å². The van der Waals surface area contributed by atoms with Crippen LogP contribution in [0.1, 0.15) is 46.2 Å². The van der Waals surface area contributed by atoms with E-state index in [1.165, 1.54) is 0 Å². The summed E-state index contributed by atoms with van der Waals surface area (Å²) in [5, 5.41) is 8.86. The van der Waals surface area contributed by atoms with E-state index in [0.29, 0.717) is 31.2 Å². The highest BCUT2D eigenvalue weighted by molar-refractivity contribution is 5.96. The van der Waals surface area contributed by atoms with Crippen molar-refractivity contribution in [2.45, 2.75) is 32.1 Å². The van der Waals surface area contributed by atoms with Gasteiger partial charge in [0.05, 0.1) is 17.9 Å². The maximum atomic E-state index is 11.8. The molecule has 1 heterocycles. The summed E-state index contributed by atoms with van der Waals surface area (Å²) >= 11 is 0. The van der Waals surface area contributed by atoms with Crippen molar-refractivity contribution in [1.29, 1.82) is 0 Å². The standard InChI is InChI=1S/C20H26N6O2/c1-12-17(14-6-7-14)26-20(18(24-12)19(21)28)25-15-5-3-4-13(10-15)8-9-23-16(27)11-22-2/h3-5,10,14,22H,6-9,11H2,1-2H3,(H2,21,28)(H,23,27)(H,25,26). The Kier molecular flexibility index (Phi) is 6.20. The molecular weight excluding hydrogens is 356 g/mol. The lowest BCUT2D eigenvalue weighted by molar-refractivity contribution is -0.120. The summed E-state index contributed by atoms with van der Waals surface area (Å²) in [6.07, 6.45) is 2.89. The molecule has 3 rings (SSSR count). The molecule has 1 aliphatic rings. The Morgan fingerprint density at radius 1 is 1.25 bits per heavy atom. The molecule has 1 aromatic carbocycles. The average Bonchev–Trinajstić information content (AvgIpc) is 3.48. The van der Waals surface area contributed by atoms with Crippen molar-refractivity contribution < 1.29 is 9.59 Å². The number of nitrogens with two attached hydrogens (primary N) is 1. The van der Waals surface area contributed by atoms with E-state index in [0.717, 1.165) is 35.5 Å². The molecule has 2 aromatic rings. The molecule has 5 N–H and O–H groups in total. The van der Waals surface area contributed by atoms with E-state index in [4.69, 9.17) is 5.73 Å². The summed E-state index contributed by atoms with van der Waals surface area (Å²) in [5.41, 5.74) is 9.18. The number of likely N-dealkylation sites (N-methyl/N-ethyl adjacent to an activating group) is 1. The third kappa shape index (κ3) is 5.04. The molecule has 1 aliphatic carbocycles. The molecule has 2 amide bonds. The molecule has 0 aliphatic heterocycles. The zero-order chi connectivity index (χ0) is 20.1. The number of carbonyl (C=O) groups is 2. The van der Waals surface area contributed by atoms with Crippen LogP contribution >= 0.6 is 0 Å². The van der Waals surface area contributed by atoms with Crippen molar-refractivity contribution >= 4 is 23.3 Å².